The monoisotopic (exact) mass is 357 g/mol. The van der Waals surface area contributed by atoms with Crippen LogP contribution in [-0.4, -0.2) is 28.6 Å². The van der Waals surface area contributed by atoms with Gasteiger partial charge in [0.15, 0.2) is 5.65 Å². The summed E-state index contributed by atoms with van der Waals surface area (Å²) in [7, 11) is 4.00. The Morgan fingerprint density at radius 1 is 0.926 bits per heavy atom. The molecule has 0 saturated heterocycles. The maximum absolute atomic E-state index is 12.5. The number of aromatic nitrogens is 3. The Kier molecular flexibility index (Phi) is 4.30. The third-order valence-electron chi connectivity index (χ3n) is 4.29. The van der Waals surface area contributed by atoms with Crippen molar-refractivity contribution in [1.29, 1.82) is 0 Å². The molecular weight excluding hydrogens is 338 g/mol. The largest absolute Gasteiger partial charge is 0.378 e. The van der Waals surface area contributed by atoms with Crippen LogP contribution in [-0.2, 0) is 0 Å². The molecule has 0 unspecified atom stereocenters. The van der Waals surface area contributed by atoms with E-state index in [4.69, 9.17) is 0 Å². The van der Waals surface area contributed by atoms with E-state index in [2.05, 4.69) is 15.3 Å². The summed E-state index contributed by atoms with van der Waals surface area (Å²) in [4.78, 5) is 23.5. The van der Waals surface area contributed by atoms with Crippen LogP contribution in [0.1, 0.15) is 0 Å². The predicted molar refractivity (Wildman–Crippen MR) is 109 cm³/mol. The Balaban J connectivity index is 1.76. The van der Waals surface area contributed by atoms with Crippen molar-refractivity contribution < 1.29 is 0 Å². The molecule has 0 atom stereocenters. The molecule has 27 heavy (non-hydrogen) atoms. The van der Waals surface area contributed by atoms with Gasteiger partial charge in [0.25, 0.3) is 5.56 Å². The first-order chi connectivity index (χ1) is 13.1. The van der Waals surface area contributed by atoms with Gasteiger partial charge in [0, 0.05) is 43.1 Å². The third-order valence-corrected chi connectivity index (χ3v) is 4.29. The van der Waals surface area contributed by atoms with Crippen molar-refractivity contribution in [1.82, 2.24) is 14.5 Å². The van der Waals surface area contributed by atoms with Crippen LogP contribution in [0.3, 0.4) is 0 Å². The van der Waals surface area contributed by atoms with E-state index in [1.54, 1.807) is 16.8 Å². The Bertz CT molecular complexity index is 1130. The maximum atomic E-state index is 12.5. The molecule has 0 saturated carbocycles. The number of benzene rings is 2. The van der Waals surface area contributed by atoms with Crippen molar-refractivity contribution in [2.45, 2.75) is 0 Å². The molecule has 6 heteroatoms. The van der Waals surface area contributed by atoms with E-state index in [0.717, 1.165) is 22.4 Å². The van der Waals surface area contributed by atoms with Gasteiger partial charge in [-0.25, -0.2) is 4.98 Å². The second-order valence-electron chi connectivity index (χ2n) is 6.38. The predicted octanol–water partition coefficient (Wildman–Crippen LogP) is 3.59. The Labute approximate surface area is 156 Å². The van der Waals surface area contributed by atoms with Gasteiger partial charge >= 0.3 is 0 Å². The van der Waals surface area contributed by atoms with Crippen LogP contribution in [0.25, 0.3) is 16.7 Å². The summed E-state index contributed by atoms with van der Waals surface area (Å²) in [6.07, 6.45) is 1.72. The standard InChI is InChI=1S/C21H19N5O/c1-25(2)17-11-9-16(10-12-17)23-21-22-14-15-8-13-19(27)26(20(15)24-21)18-6-4-3-5-7-18/h3-14H,1-2H3,(H,22,23,24). The van der Waals surface area contributed by atoms with Crippen LogP contribution in [0, 0.1) is 0 Å². The molecule has 0 bridgehead atoms. The Morgan fingerprint density at radius 3 is 2.37 bits per heavy atom. The van der Waals surface area contributed by atoms with Gasteiger partial charge in [-0.3, -0.25) is 9.36 Å². The number of nitrogens with zero attached hydrogens (tertiary/aromatic N) is 4. The summed E-state index contributed by atoms with van der Waals surface area (Å²) in [5, 5.41) is 4.00. The molecule has 2 aromatic carbocycles. The molecule has 2 heterocycles. The topological polar surface area (TPSA) is 63.1 Å². The Morgan fingerprint density at radius 2 is 1.67 bits per heavy atom. The number of hydrogen-bond donors (Lipinski definition) is 1. The van der Waals surface area contributed by atoms with E-state index in [1.807, 2.05) is 73.6 Å². The summed E-state index contributed by atoms with van der Waals surface area (Å²) in [5.74, 6) is 0.440. The second kappa shape index (κ2) is 6.92. The molecule has 0 aliphatic carbocycles. The van der Waals surface area contributed by atoms with E-state index in [-0.39, 0.29) is 5.56 Å². The SMILES string of the molecule is CN(C)c1ccc(Nc2ncc3ccc(=O)n(-c4ccccc4)c3n2)cc1. The molecule has 0 amide bonds. The van der Waals surface area contributed by atoms with Crippen LogP contribution >= 0.6 is 0 Å². The number of fused-ring (bicyclic) bond motifs is 1. The van der Waals surface area contributed by atoms with Crippen molar-refractivity contribution in [2.24, 2.45) is 0 Å². The molecule has 2 aromatic heterocycles. The van der Waals surface area contributed by atoms with Crippen molar-refractivity contribution in [3.8, 4) is 5.69 Å². The van der Waals surface area contributed by atoms with Gasteiger partial charge in [-0.05, 0) is 42.5 Å². The number of anilines is 3. The van der Waals surface area contributed by atoms with Gasteiger partial charge in [0.2, 0.25) is 5.95 Å². The average Bonchev–Trinajstić information content (AvgIpc) is 2.69. The zero-order chi connectivity index (χ0) is 18.8. The van der Waals surface area contributed by atoms with E-state index < -0.39 is 0 Å². The average molecular weight is 357 g/mol. The summed E-state index contributed by atoms with van der Waals surface area (Å²) < 4.78 is 1.59. The second-order valence-corrected chi connectivity index (χ2v) is 6.38. The van der Waals surface area contributed by atoms with Crippen LogP contribution in [0.2, 0.25) is 0 Å². The van der Waals surface area contributed by atoms with E-state index in [1.165, 1.54) is 6.07 Å². The quantitative estimate of drug-likeness (QED) is 0.605. The van der Waals surface area contributed by atoms with E-state index in [0.29, 0.717) is 11.6 Å². The smallest absolute Gasteiger partial charge is 0.256 e. The first-order valence-electron chi connectivity index (χ1n) is 8.60. The van der Waals surface area contributed by atoms with Gasteiger partial charge in [0.05, 0.1) is 5.69 Å². The number of para-hydroxylation sites is 1. The zero-order valence-electron chi connectivity index (χ0n) is 15.1. The van der Waals surface area contributed by atoms with Crippen molar-refractivity contribution >= 4 is 28.4 Å². The lowest BCUT2D eigenvalue weighted by Crippen LogP contribution is -2.18. The van der Waals surface area contributed by atoms with Gasteiger partial charge < -0.3 is 10.2 Å². The zero-order valence-corrected chi connectivity index (χ0v) is 15.1. The fourth-order valence-electron chi connectivity index (χ4n) is 2.88. The fourth-order valence-corrected chi connectivity index (χ4v) is 2.88. The molecule has 1 N–H and O–H groups in total. The molecule has 0 fully saturated rings. The van der Waals surface area contributed by atoms with Crippen LogP contribution in [0.15, 0.2) is 77.7 Å². The molecule has 134 valence electrons. The molecule has 4 rings (SSSR count). The number of nitrogens with one attached hydrogen (secondary N) is 1. The highest BCUT2D eigenvalue weighted by Crippen LogP contribution is 2.20. The highest BCUT2D eigenvalue weighted by Gasteiger charge is 2.09. The lowest BCUT2D eigenvalue weighted by molar-refractivity contribution is 1.01. The minimum Gasteiger partial charge on any atom is -0.378 e. The molecule has 0 aliphatic heterocycles. The lowest BCUT2D eigenvalue weighted by Gasteiger charge is -2.13. The minimum absolute atomic E-state index is 0.131. The molecule has 0 radical (unpaired) electrons. The van der Waals surface area contributed by atoms with Crippen molar-refractivity contribution in [3.63, 3.8) is 0 Å². The van der Waals surface area contributed by atoms with Crippen LogP contribution in [0.4, 0.5) is 17.3 Å². The summed E-state index contributed by atoms with van der Waals surface area (Å²) in [6, 6.07) is 20.7. The molecule has 0 aliphatic rings. The van der Waals surface area contributed by atoms with Gasteiger partial charge in [-0.1, -0.05) is 18.2 Å². The highest BCUT2D eigenvalue weighted by molar-refractivity contribution is 5.77. The first kappa shape index (κ1) is 16.8. The van der Waals surface area contributed by atoms with Gasteiger partial charge in [-0.2, -0.15) is 4.98 Å². The van der Waals surface area contributed by atoms with Crippen LogP contribution < -0.4 is 15.8 Å². The first-order valence-corrected chi connectivity index (χ1v) is 8.60. The molecule has 4 aromatic rings. The number of hydrogen-bond acceptors (Lipinski definition) is 5. The molecule has 6 nitrogen and oxygen atoms in total. The highest BCUT2D eigenvalue weighted by atomic mass is 16.1. The van der Waals surface area contributed by atoms with Crippen molar-refractivity contribution in [3.05, 3.63) is 83.3 Å². The normalized spacial score (nSPS) is 10.7. The maximum Gasteiger partial charge on any atom is 0.256 e. The third kappa shape index (κ3) is 3.37. The number of pyridine rings is 1. The summed E-state index contributed by atoms with van der Waals surface area (Å²) in [5.41, 5.74) is 3.19. The summed E-state index contributed by atoms with van der Waals surface area (Å²) in [6.45, 7) is 0. The fraction of sp³-hybridized carbons (Fsp3) is 0.0952. The Hall–Kier alpha value is -3.67. The minimum atomic E-state index is -0.131. The van der Waals surface area contributed by atoms with Gasteiger partial charge in [-0.15, -0.1) is 0 Å². The van der Waals surface area contributed by atoms with Crippen LogP contribution in [0.5, 0.6) is 0 Å². The number of rotatable bonds is 4. The lowest BCUT2D eigenvalue weighted by atomic mass is 10.2. The summed E-state index contributed by atoms with van der Waals surface area (Å²) >= 11 is 0. The van der Waals surface area contributed by atoms with Crippen molar-refractivity contribution in [2.75, 3.05) is 24.3 Å². The van der Waals surface area contributed by atoms with E-state index in [9.17, 15) is 4.79 Å². The van der Waals surface area contributed by atoms with E-state index >= 15 is 0 Å². The van der Waals surface area contributed by atoms with Gasteiger partial charge in [0.1, 0.15) is 0 Å². The molecular formula is C21H19N5O. The molecule has 0 spiro atoms.